The molecular weight excluding hydrogens is 282 g/mol. The average Bonchev–Trinajstić information content (AvgIpc) is 2.43. The van der Waals surface area contributed by atoms with Gasteiger partial charge in [0.05, 0.1) is 11.5 Å². The minimum absolute atomic E-state index is 0.00749. The predicted octanol–water partition coefficient (Wildman–Crippen LogP) is 0.705. The van der Waals surface area contributed by atoms with E-state index in [0.717, 1.165) is 9.87 Å². The smallest absolute Gasteiger partial charge is 0.303 e. The van der Waals surface area contributed by atoms with Gasteiger partial charge in [-0.15, -0.1) is 0 Å². The van der Waals surface area contributed by atoms with Gasteiger partial charge in [0.2, 0.25) is 10.0 Å². The van der Waals surface area contributed by atoms with Gasteiger partial charge in [-0.3, -0.25) is 4.79 Å². The third kappa shape index (κ3) is 4.03. The molecule has 20 heavy (non-hydrogen) atoms. The van der Waals surface area contributed by atoms with Gasteiger partial charge in [0, 0.05) is 19.5 Å². The van der Waals surface area contributed by atoms with Crippen LogP contribution in [0.2, 0.25) is 0 Å². The van der Waals surface area contributed by atoms with Crippen LogP contribution < -0.4 is 0 Å². The fourth-order valence-corrected chi connectivity index (χ4v) is 2.95. The lowest BCUT2D eigenvalue weighted by atomic mass is 10.1. The summed E-state index contributed by atoms with van der Waals surface area (Å²) in [7, 11) is -2.23. The first-order valence-electron chi connectivity index (χ1n) is 6.18. The van der Waals surface area contributed by atoms with E-state index in [1.165, 1.54) is 19.2 Å². The van der Waals surface area contributed by atoms with E-state index in [0.29, 0.717) is 6.42 Å². The van der Waals surface area contributed by atoms with Gasteiger partial charge in [-0.05, 0) is 31.0 Å². The topological polar surface area (TPSA) is 94.9 Å². The normalized spacial score (nSPS) is 13.4. The number of hydrogen-bond acceptors (Lipinski definition) is 4. The molecule has 0 spiro atoms. The highest BCUT2D eigenvalue weighted by molar-refractivity contribution is 7.89. The third-order valence-corrected chi connectivity index (χ3v) is 5.10. The first kappa shape index (κ1) is 16.6. The molecule has 7 heteroatoms. The first-order valence-corrected chi connectivity index (χ1v) is 7.62. The van der Waals surface area contributed by atoms with Crippen LogP contribution in [-0.4, -0.2) is 48.6 Å². The Bertz CT molecular complexity index is 553. The molecule has 0 radical (unpaired) electrons. The molecule has 0 heterocycles. The molecule has 0 saturated carbocycles. The average molecular weight is 301 g/mol. The van der Waals surface area contributed by atoms with E-state index in [2.05, 4.69) is 0 Å². The van der Waals surface area contributed by atoms with Gasteiger partial charge in [-0.25, -0.2) is 8.42 Å². The Morgan fingerprint density at radius 3 is 2.30 bits per heavy atom. The molecule has 0 aromatic heterocycles. The number of carboxylic acid groups (broad SMARTS) is 1. The maximum absolute atomic E-state index is 12.2. The quantitative estimate of drug-likeness (QED) is 0.773. The largest absolute Gasteiger partial charge is 0.481 e. The van der Waals surface area contributed by atoms with Crippen LogP contribution in [0.5, 0.6) is 0 Å². The summed E-state index contributed by atoms with van der Waals surface area (Å²) in [5.41, 5.74) is 0.768. The number of aliphatic hydroxyl groups is 1. The van der Waals surface area contributed by atoms with Crippen molar-refractivity contribution in [3.8, 4) is 0 Å². The summed E-state index contributed by atoms with van der Waals surface area (Å²) < 4.78 is 25.6. The second-order valence-electron chi connectivity index (χ2n) is 4.59. The summed E-state index contributed by atoms with van der Waals surface area (Å²) >= 11 is 0. The number of aliphatic carboxylic acids is 1. The van der Waals surface area contributed by atoms with Gasteiger partial charge >= 0.3 is 5.97 Å². The van der Waals surface area contributed by atoms with Crippen molar-refractivity contribution in [2.24, 2.45) is 0 Å². The number of aryl methyl sites for hydroxylation is 1. The van der Waals surface area contributed by atoms with Gasteiger partial charge < -0.3 is 10.2 Å². The highest BCUT2D eigenvalue weighted by Crippen LogP contribution is 2.17. The van der Waals surface area contributed by atoms with E-state index in [4.69, 9.17) is 10.2 Å². The Labute approximate surface area is 118 Å². The van der Waals surface area contributed by atoms with Crippen molar-refractivity contribution in [3.63, 3.8) is 0 Å². The molecule has 1 aromatic rings. The van der Waals surface area contributed by atoms with Crippen LogP contribution in [0.3, 0.4) is 0 Å². The van der Waals surface area contributed by atoms with E-state index in [9.17, 15) is 13.2 Å². The molecule has 112 valence electrons. The lowest BCUT2D eigenvalue weighted by molar-refractivity contribution is -0.136. The maximum Gasteiger partial charge on any atom is 0.303 e. The standard InChI is InChI=1S/C13H19NO5S/c1-10(9-15)14(2)20(18,19)12-6-3-11(4-7-12)5-8-13(16)17/h3-4,6-7,10,15H,5,8-9H2,1-2H3,(H,16,17). The molecule has 1 atom stereocenters. The number of carbonyl (C=O) groups is 1. The minimum atomic E-state index is -3.64. The second-order valence-corrected chi connectivity index (χ2v) is 6.59. The van der Waals surface area contributed by atoms with E-state index in [1.54, 1.807) is 19.1 Å². The molecule has 1 rings (SSSR count). The Hall–Kier alpha value is -1.44. The molecule has 0 amide bonds. The molecule has 0 aliphatic carbocycles. The van der Waals surface area contributed by atoms with Crippen LogP contribution >= 0.6 is 0 Å². The van der Waals surface area contributed by atoms with Crippen LogP contribution in [0.1, 0.15) is 18.9 Å². The molecule has 1 unspecified atom stereocenters. The van der Waals surface area contributed by atoms with Crippen molar-refractivity contribution < 1.29 is 23.4 Å². The number of hydrogen-bond donors (Lipinski definition) is 2. The Morgan fingerprint density at radius 2 is 1.85 bits per heavy atom. The SMILES string of the molecule is CC(CO)N(C)S(=O)(=O)c1ccc(CCC(=O)O)cc1. The summed E-state index contributed by atoms with van der Waals surface area (Å²) in [6.45, 7) is 1.35. The summed E-state index contributed by atoms with van der Waals surface area (Å²) in [6, 6.07) is 5.60. The molecule has 0 aliphatic rings. The number of likely N-dealkylation sites (N-methyl/N-ethyl adjacent to an activating group) is 1. The lowest BCUT2D eigenvalue weighted by Gasteiger charge is -2.22. The second kappa shape index (κ2) is 6.83. The van der Waals surface area contributed by atoms with Gasteiger partial charge in [0.15, 0.2) is 0 Å². The van der Waals surface area contributed by atoms with Crippen molar-refractivity contribution in [2.75, 3.05) is 13.7 Å². The predicted molar refractivity (Wildman–Crippen MR) is 73.9 cm³/mol. The first-order chi connectivity index (χ1) is 9.28. The van der Waals surface area contributed by atoms with Crippen LogP contribution in [-0.2, 0) is 21.2 Å². The van der Waals surface area contributed by atoms with E-state index in [-0.39, 0.29) is 17.9 Å². The van der Waals surface area contributed by atoms with Gasteiger partial charge in [-0.2, -0.15) is 4.31 Å². The molecule has 0 saturated heterocycles. The molecule has 0 bridgehead atoms. The monoisotopic (exact) mass is 301 g/mol. The van der Waals surface area contributed by atoms with Gasteiger partial charge in [0.1, 0.15) is 0 Å². The maximum atomic E-state index is 12.2. The number of sulfonamides is 1. The van der Waals surface area contributed by atoms with E-state index in [1.807, 2.05) is 0 Å². The molecule has 6 nitrogen and oxygen atoms in total. The molecular formula is C13H19NO5S. The Balaban J connectivity index is 2.89. The fraction of sp³-hybridized carbons (Fsp3) is 0.462. The Kier molecular flexibility index (Phi) is 5.67. The van der Waals surface area contributed by atoms with Crippen molar-refractivity contribution in [2.45, 2.75) is 30.7 Å². The lowest BCUT2D eigenvalue weighted by Crippen LogP contribution is -2.37. The van der Waals surface area contributed by atoms with Crippen LogP contribution in [0.15, 0.2) is 29.2 Å². The summed E-state index contributed by atoms with van der Waals surface area (Å²) in [6.07, 6.45) is 0.367. The highest BCUT2D eigenvalue weighted by Gasteiger charge is 2.24. The van der Waals surface area contributed by atoms with E-state index >= 15 is 0 Å². The number of benzene rings is 1. The zero-order chi connectivity index (χ0) is 15.3. The van der Waals surface area contributed by atoms with Crippen molar-refractivity contribution >= 4 is 16.0 Å². The molecule has 0 fully saturated rings. The third-order valence-electron chi connectivity index (χ3n) is 3.11. The molecule has 1 aromatic carbocycles. The van der Waals surface area contributed by atoms with Crippen molar-refractivity contribution in [1.29, 1.82) is 0 Å². The van der Waals surface area contributed by atoms with Crippen LogP contribution in [0.4, 0.5) is 0 Å². The zero-order valence-corrected chi connectivity index (χ0v) is 12.3. The summed E-state index contributed by atoms with van der Waals surface area (Å²) in [5, 5.41) is 17.6. The van der Waals surface area contributed by atoms with Gasteiger partial charge in [-0.1, -0.05) is 12.1 Å². The summed E-state index contributed by atoms with van der Waals surface area (Å²) in [5.74, 6) is -0.891. The zero-order valence-electron chi connectivity index (χ0n) is 11.5. The number of rotatable bonds is 7. The number of nitrogens with zero attached hydrogens (tertiary/aromatic N) is 1. The van der Waals surface area contributed by atoms with Crippen LogP contribution in [0, 0.1) is 0 Å². The van der Waals surface area contributed by atoms with Crippen LogP contribution in [0.25, 0.3) is 0 Å². The fourth-order valence-electron chi connectivity index (χ4n) is 1.60. The summed E-state index contributed by atoms with van der Waals surface area (Å²) in [4.78, 5) is 10.6. The van der Waals surface area contributed by atoms with Crippen molar-refractivity contribution in [3.05, 3.63) is 29.8 Å². The highest BCUT2D eigenvalue weighted by atomic mass is 32.2. The molecule has 0 aliphatic heterocycles. The van der Waals surface area contributed by atoms with Crippen molar-refractivity contribution in [1.82, 2.24) is 4.31 Å². The van der Waals surface area contributed by atoms with Gasteiger partial charge in [0.25, 0.3) is 0 Å². The Morgan fingerprint density at radius 1 is 1.30 bits per heavy atom. The van der Waals surface area contributed by atoms with E-state index < -0.39 is 22.0 Å². The number of carboxylic acids is 1. The minimum Gasteiger partial charge on any atom is -0.481 e. The molecule has 2 N–H and O–H groups in total. The number of aliphatic hydroxyl groups excluding tert-OH is 1.